The van der Waals surface area contributed by atoms with Gasteiger partial charge < -0.3 is 14.2 Å². The van der Waals surface area contributed by atoms with Crippen molar-refractivity contribution in [2.45, 2.75) is 51.7 Å². The van der Waals surface area contributed by atoms with Gasteiger partial charge in [0.1, 0.15) is 6.61 Å². The summed E-state index contributed by atoms with van der Waals surface area (Å²) in [7, 11) is 1.70. The summed E-state index contributed by atoms with van der Waals surface area (Å²) >= 11 is 0. The van der Waals surface area contributed by atoms with Crippen LogP contribution >= 0.6 is 0 Å². The molecule has 1 aliphatic heterocycles. The molecule has 1 aromatic heterocycles. The highest BCUT2D eigenvalue weighted by Gasteiger charge is 2.25. The molecule has 0 N–H and O–H groups in total. The number of nitrogens with zero attached hydrogens (tertiary/aromatic N) is 3. The minimum atomic E-state index is -0.00505. The Balaban J connectivity index is 1.57. The van der Waals surface area contributed by atoms with Crippen molar-refractivity contribution in [3.8, 4) is 0 Å². The van der Waals surface area contributed by atoms with Gasteiger partial charge in [-0.15, -0.1) is 0 Å². The zero-order chi connectivity index (χ0) is 16.4. The number of fused-ring (bicyclic) bond motifs is 1. The van der Waals surface area contributed by atoms with Crippen LogP contribution in [0.2, 0.25) is 0 Å². The molecule has 3 rings (SSSR count). The van der Waals surface area contributed by atoms with Crippen LogP contribution in [0.3, 0.4) is 0 Å². The van der Waals surface area contributed by atoms with Crippen LogP contribution < -0.4 is 5.56 Å². The Labute approximate surface area is 136 Å². The third-order valence-electron chi connectivity index (χ3n) is 4.97. The molecule has 1 aliphatic carbocycles. The molecule has 1 saturated carbocycles. The number of aromatic nitrogens is 2. The summed E-state index contributed by atoms with van der Waals surface area (Å²) in [6.07, 6.45) is 6.86. The quantitative estimate of drug-likeness (QED) is 0.841. The monoisotopic (exact) mass is 319 g/mol. The van der Waals surface area contributed by atoms with E-state index in [1.54, 1.807) is 11.9 Å². The molecule has 0 aromatic carbocycles. The fourth-order valence-electron chi connectivity index (χ4n) is 3.54. The largest absolute Gasteiger partial charge is 0.368 e. The minimum absolute atomic E-state index is 0.00338. The first-order valence-corrected chi connectivity index (χ1v) is 8.47. The molecule has 2 atom stereocenters. The molecule has 23 heavy (non-hydrogen) atoms. The number of carbonyl (C=O) groups is 1. The van der Waals surface area contributed by atoms with Crippen molar-refractivity contribution < 1.29 is 9.53 Å². The van der Waals surface area contributed by atoms with Gasteiger partial charge in [0.05, 0.1) is 24.7 Å². The molecule has 0 unspecified atom stereocenters. The zero-order valence-electron chi connectivity index (χ0n) is 14.0. The molecule has 2 aliphatic rings. The smallest absolute Gasteiger partial charge is 0.256 e. The number of aryl methyl sites for hydroxylation is 1. The van der Waals surface area contributed by atoms with E-state index in [1.165, 1.54) is 23.7 Å². The predicted molar refractivity (Wildman–Crippen MR) is 86.0 cm³/mol. The van der Waals surface area contributed by atoms with Gasteiger partial charge in [0.2, 0.25) is 5.91 Å². The van der Waals surface area contributed by atoms with E-state index in [1.807, 2.05) is 0 Å². The molecule has 0 radical (unpaired) electrons. The maximum Gasteiger partial charge on any atom is 0.256 e. The van der Waals surface area contributed by atoms with Crippen molar-refractivity contribution >= 4 is 5.91 Å². The molecule has 1 amide bonds. The molecular weight excluding hydrogens is 294 g/mol. The van der Waals surface area contributed by atoms with Gasteiger partial charge in [-0.2, -0.15) is 0 Å². The van der Waals surface area contributed by atoms with Gasteiger partial charge >= 0.3 is 0 Å². The van der Waals surface area contributed by atoms with E-state index < -0.39 is 0 Å². The van der Waals surface area contributed by atoms with Crippen molar-refractivity contribution in [3.63, 3.8) is 0 Å². The third-order valence-corrected chi connectivity index (χ3v) is 4.97. The Morgan fingerprint density at radius 3 is 3.04 bits per heavy atom. The van der Waals surface area contributed by atoms with Crippen LogP contribution in [-0.4, -0.2) is 39.6 Å². The highest BCUT2D eigenvalue weighted by atomic mass is 16.5. The van der Waals surface area contributed by atoms with Crippen LogP contribution in [0.15, 0.2) is 11.1 Å². The molecule has 0 bridgehead atoms. The summed E-state index contributed by atoms with van der Waals surface area (Å²) in [5, 5.41) is 0. The van der Waals surface area contributed by atoms with E-state index >= 15 is 0 Å². The molecule has 6 heteroatoms. The Bertz CT molecular complexity index is 640. The molecular formula is C17H25N3O3. The normalized spacial score (nSPS) is 24.3. The number of amides is 1. The maximum absolute atomic E-state index is 12.4. The summed E-state index contributed by atoms with van der Waals surface area (Å²) in [6, 6.07) is 0. The van der Waals surface area contributed by atoms with Gasteiger partial charge in [-0.05, 0) is 25.2 Å². The van der Waals surface area contributed by atoms with Crippen molar-refractivity contribution in [2.75, 3.05) is 13.2 Å². The predicted octanol–water partition coefficient (Wildman–Crippen LogP) is 1.26. The van der Waals surface area contributed by atoms with Crippen LogP contribution in [-0.2, 0) is 29.5 Å². The van der Waals surface area contributed by atoms with Gasteiger partial charge in [-0.25, -0.2) is 4.98 Å². The van der Waals surface area contributed by atoms with E-state index in [-0.39, 0.29) is 24.2 Å². The van der Waals surface area contributed by atoms with Crippen LogP contribution in [0.25, 0.3) is 0 Å². The van der Waals surface area contributed by atoms with E-state index in [9.17, 15) is 9.59 Å². The summed E-state index contributed by atoms with van der Waals surface area (Å²) in [4.78, 5) is 30.5. The number of hydrogen-bond acceptors (Lipinski definition) is 4. The molecule has 0 spiro atoms. The Kier molecular flexibility index (Phi) is 4.80. The fraction of sp³-hybridized carbons (Fsp3) is 0.706. The average molecular weight is 319 g/mol. The topological polar surface area (TPSA) is 64.4 Å². The van der Waals surface area contributed by atoms with Crippen LogP contribution in [0, 0.1) is 5.92 Å². The van der Waals surface area contributed by atoms with Gasteiger partial charge in [-0.3, -0.25) is 9.59 Å². The maximum atomic E-state index is 12.4. The van der Waals surface area contributed by atoms with Crippen molar-refractivity contribution in [1.82, 2.24) is 14.5 Å². The number of ether oxygens (including phenoxy) is 1. The summed E-state index contributed by atoms with van der Waals surface area (Å²) in [5.41, 5.74) is 1.45. The number of hydrogen-bond donors (Lipinski definition) is 0. The highest BCUT2D eigenvalue weighted by molar-refractivity contribution is 5.77. The first-order chi connectivity index (χ1) is 11.0. The third kappa shape index (κ3) is 3.63. The molecule has 1 fully saturated rings. The van der Waals surface area contributed by atoms with E-state index in [0.29, 0.717) is 25.4 Å². The first kappa shape index (κ1) is 16.2. The summed E-state index contributed by atoms with van der Waals surface area (Å²) < 4.78 is 7.31. The molecule has 2 heterocycles. The van der Waals surface area contributed by atoms with E-state index in [0.717, 1.165) is 24.1 Å². The van der Waals surface area contributed by atoms with Crippen LogP contribution in [0.1, 0.15) is 43.9 Å². The standard InChI is InChI=1S/C17H25N3O3/c1-12-4-3-5-13(8-12)23-10-16(21)20-7-6-14-15(9-20)18-11-19(2)17(14)22/h11-13H,3-10H2,1-2H3/t12-,13+/m1/s1. The molecule has 6 nitrogen and oxygen atoms in total. The van der Waals surface area contributed by atoms with Crippen molar-refractivity contribution in [1.29, 1.82) is 0 Å². The Hall–Kier alpha value is -1.69. The van der Waals surface area contributed by atoms with E-state index in [2.05, 4.69) is 11.9 Å². The second-order valence-corrected chi connectivity index (χ2v) is 6.86. The zero-order valence-corrected chi connectivity index (χ0v) is 14.0. The highest BCUT2D eigenvalue weighted by Crippen LogP contribution is 2.25. The number of rotatable bonds is 3. The Morgan fingerprint density at radius 1 is 1.43 bits per heavy atom. The minimum Gasteiger partial charge on any atom is -0.368 e. The first-order valence-electron chi connectivity index (χ1n) is 8.47. The average Bonchev–Trinajstić information content (AvgIpc) is 2.56. The second-order valence-electron chi connectivity index (χ2n) is 6.86. The fourth-order valence-corrected chi connectivity index (χ4v) is 3.54. The van der Waals surface area contributed by atoms with Gasteiger partial charge in [0, 0.05) is 19.2 Å². The van der Waals surface area contributed by atoms with E-state index in [4.69, 9.17) is 4.74 Å². The Morgan fingerprint density at radius 2 is 2.26 bits per heavy atom. The lowest BCUT2D eigenvalue weighted by Crippen LogP contribution is -2.42. The van der Waals surface area contributed by atoms with Gasteiger partial charge in [-0.1, -0.05) is 19.8 Å². The summed E-state index contributed by atoms with van der Waals surface area (Å²) in [5.74, 6) is 0.683. The molecule has 1 aromatic rings. The number of carbonyl (C=O) groups excluding carboxylic acids is 1. The van der Waals surface area contributed by atoms with Crippen molar-refractivity contribution in [2.24, 2.45) is 13.0 Å². The van der Waals surface area contributed by atoms with Gasteiger partial charge in [0.15, 0.2) is 0 Å². The lowest BCUT2D eigenvalue weighted by Gasteiger charge is -2.30. The lowest BCUT2D eigenvalue weighted by atomic mass is 9.89. The van der Waals surface area contributed by atoms with Crippen molar-refractivity contribution in [3.05, 3.63) is 27.9 Å². The SMILES string of the molecule is C[C@@H]1CCC[C@H](OCC(=O)N2CCc3c(ncn(C)c3=O)C2)C1. The molecule has 0 saturated heterocycles. The molecule has 126 valence electrons. The lowest BCUT2D eigenvalue weighted by molar-refractivity contribution is -0.140. The second kappa shape index (κ2) is 6.83. The van der Waals surface area contributed by atoms with Gasteiger partial charge in [0.25, 0.3) is 5.56 Å². The van der Waals surface area contributed by atoms with Crippen LogP contribution in [0.4, 0.5) is 0 Å². The van der Waals surface area contributed by atoms with Crippen LogP contribution in [0.5, 0.6) is 0 Å². The summed E-state index contributed by atoms with van der Waals surface area (Å²) in [6.45, 7) is 3.36.